The number of hydrogen-bond donors (Lipinski definition) is 1. The lowest BCUT2D eigenvalue weighted by atomic mass is 10.0. The average Bonchev–Trinajstić information content (AvgIpc) is 2.23. The molecule has 0 unspecified atom stereocenters. The van der Waals surface area contributed by atoms with Gasteiger partial charge >= 0.3 is 5.97 Å². The predicted octanol–water partition coefficient (Wildman–Crippen LogP) is 3.11. The molecule has 3 nitrogen and oxygen atoms in total. The smallest absolute Gasteiger partial charge is 0.303 e. The lowest BCUT2D eigenvalue weighted by molar-refractivity contribution is -0.137. The van der Waals surface area contributed by atoms with Crippen LogP contribution in [-0.2, 0) is 11.2 Å². The van der Waals surface area contributed by atoms with Crippen molar-refractivity contribution in [1.29, 1.82) is 0 Å². The van der Waals surface area contributed by atoms with Gasteiger partial charge in [0.2, 0.25) is 0 Å². The maximum absolute atomic E-state index is 10.4. The molecule has 0 saturated carbocycles. The van der Waals surface area contributed by atoms with Gasteiger partial charge in [-0.15, -0.1) is 0 Å². The highest BCUT2D eigenvalue weighted by molar-refractivity contribution is 5.66. The Labute approximate surface area is 102 Å². The third-order valence-electron chi connectivity index (χ3n) is 2.79. The standard InChI is InChI=1S/C14H20O3/c1-10-8-11(2)14(17-3)12(9-10)6-4-5-7-13(15)16/h8-9H,4-7H2,1-3H3,(H,15,16). The lowest BCUT2D eigenvalue weighted by Gasteiger charge is -2.12. The molecule has 0 atom stereocenters. The van der Waals surface area contributed by atoms with Gasteiger partial charge in [0.15, 0.2) is 0 Å². The molecule has 0 bridgehead atoms. The topological polar surface area (TPSA) is 46.5 Å². The SMILES string of the molecule is COc1c(C)cc(C)cc1CCCCC(=O)O. The fraction of sp³-hybridized carbons (Fsp3) is 0.500. The molecule has 0 aromatic heterocycles. The summed E-state index contributed by atoms with van der Waals surface area (Å²) in [5.74, 6) is 0.211. The van der Waals surface area contributed by atoms with Crippen molar-refractivity contribution >= 4 is 5.97 Å². The van der Waals surface area contributed by atoms with Crippen LogP contribution in [-0.4, -0.2) is 18.2 Å². The highest BCUT2D eigenvalue weighted by Crippen LogP contribution is 2.26. The Balaban J connectivity index is 2.66. The van der Waals surface area contributed by atoms with Gasteiger partial charge in [0.25, 0.3) is 0 Å². The van der Waals surface area contributed by atoms with Crippen molar-refractivity contribution in [2.75, 3.05) is 7.11 Å². The molecule has 0 aliphatic heterocycles. The predicted molar refractivity (Wildman–Crippen MR) is 67.7 cm³/mol. The van der Waals surface area contributed by atoms with Crippen LogP contribution >= 0.6 is 0 Å². The van der Waals surface area contributed by atoms with Gasteiger partial charge in [-0.25, -0.2) is 0 Å². The molecule has 0 heterocycles. The fourth-order valence-corrected chi connectivity index (χ4v) is 2.11. The number of hydrogen-bond acceptors (Lipinski definition) is 2. The van der Waals surface area contributed by atoms with Crippen molar-refractivity contribution in [3.8, 4) is 5.75 Å². The van der Waals surface area contributed by atoms with E-state index in [-0.39, 0.29) is 6.42 Å². The van der Waals surface area contributed by atoms with Gasteiger partial charge in [0, 0.05) is 6.42 Å². The zero-order valence-electron chi connectivity index (χ0n) is 10.7. The molecule has 0 fully saturated rings. The minimum absolute atomic E-state index is 0.243. The number of ether oxygens (including phenoxy) is 1. The summed E-state index contributed by atoms with van der Waals surface area (Å²) in [7, 11) is 1.68. The molecule has 1 aromatic carbocycles. The van der Waals surface area contributed by atoms with Gasteiger partial charge in [-0.1, -0.05) is 17.7 Å². The Morgan fingerprint density at radius 1 is 1.29 bits per heavy atom. The quantitative estimate of drug-likeness (QED) is 0.772. The first-order valence-electron chi connectivity index (χ1n) is 5.90. The van der Waals surface area contributed by atoms with Crippen LogP contribution in [0.5, 0.6) is 5.75 Å². The summed E-state index contributed by atoms with van der Waals surface area (Å²) in [5, 5.41) is 8.57. The van der Waals surface area contributed by atoms with Crippen molar-refractivity contribution in [1.82, 2.24) is 0 Å². The first kappa shape index (κ1) is 13.6. The van der Waals surface area contributed by atoms with Crippen molar-refractivity contribution < 1.29 is 14.6 Å². The second-order valence-corrected chi connectivity index (χ2v) is 4.38. The van der Waals surface area contributed by atoms with Crippen LogP contribution in [0.3, 0.4) is 0 Å². The summed E-state index contributed by atoms with van der Waals surface area (Å²) >= 11 is 0. The molecule has 94 valence electrons. The number of carboxylic acid groups (broad SMARTS) is 1. The first-order chi connectivity index (χ1) is 8.04. The molecule has 1 rings (SSSR count). The van der Waals surface area contributed by atoms with E-state index >= 15 is 0 Å². The van der Waals surface area contributed by atoms with Crippen LogP contribution in [0.4, 0.5) is 0 Å². The Hall–Kier alpha value is -1.51. The van der Waals surface area contributed by atoms with E-state index in [9.17, 15) is 4.79 Å². The van der Waals surface area contributed by atoms with Crippen LogP contribution in [0.1, 0.15) is 36.0 Å². The van der Waals surface area contributed by atoms with Gasteiger partial charge in [-0.2, -0.15) is 0 Å². The molecule has 17 heavy (non-hydrogen) atoms. The van der Waals surface area contributed by atoms with E-state index in [2.05, 4.69) is 19.1 Å². The summed E-state index contributed by atoms with van der Waals surface area (Å²) in [5.41, 5.74) is 3.53. The monoisotopic (exact) mass is 236 g/mol. The maximum atomic E-state index is 10.4. The number of methoxy groups -OCH3 is 1. The normalized spacial score (nSPS) is 10.3. The van der Waals surface area contributed by atoms with Crippen molar-refractivity contribution in [3.63, 3.8) is 0 Å². The number of carbonyl (C=O) groups is 1. The Morgan fingerprint density at radius 2 is 2.00 bits per heavy atom. The van der Waals surface area contributed by atoms with Gasteiger partial charge < -0.3 is 9.84 Å². The largest absolute Gasteiger partial charge is 0.496 e. The first-order valence-corrected chi connectivity index (χ1v) is 5.90. The van der Waals surface area contributed by atoms with Gasteiger partial charge in [-0.05, 0) is 44.2 Å². The van der Waals surface area contributed by atoms with Crippen LogP contribution in [0.15, 0.2) is 12.1 Å². The second-order valence-electron chi connectivity index (χ2n) is 4.38. The summed E-state index contributed by atoms with van der Waals surface area (Å²) in [4.78, 5) is 10.4. The Morgan fingerprint density at radius 3 is 2.59 bits per heavy atom. The van der Waals surface area contributed by atoms with E-state index in [1.807, 2.05) is 6.92 Å². The molecule has 0 spiro atoms. The van der Waals surface area contributed by atoms with Crippen molar-refractivity contribution in [2.24, 2.45) is 0 Å². The summed E-state index contributed by atoms with van der Waals surface area (Å²) in [6, 6.07) is 4.21. The van der Waals surface area contributed by atoms with Crippen LogP contribution in [0.25, 0.3) is 0 Å². The van der Waals surface area contributed by atoms with Crippen molar-refractivity contribution in [3.05, 3.63) is 28.8 Å². The number of aliphatic carboxylic acids is 1. The van der Waals surface area contributed by atoms with Gasteiger partial charge in [-0.3, -0.25) is 4.79 Å². The molecule has 3 heteroatoms. The summed E-state index contributed by atoms with van der Waals surface area (Å²) in [6.45, 7) is 4.10. The van der Waals surface area contributed by atoms with Gasteiger partial charge in [0.05, 0.1) is 7.11 Å². The second kappa shape index (κ2) is 6.28. The van der Waals surface area contributed by atoms with Crippen LogP contribution in [0, 0.1) is 13.8 Å². The molecule has 0 radical (unpaired) electrons. The van der Waals surface area contributed by atoms with E-state index in [1.165, 1.54) is 11.1 Å². The minimum Gasteiger partial charge on any atom is -0.496 e. The third-order valence-corrected chi connectivity index (χ3v) is 2.79. The molecular weight excluding hydrogens is 216 g/mol. The number of unbranched alkanes of at least 4 members (excludes halogenated alkanes) is 1. The van der Waals surface area contributed by atoms with E-state index in [1.54, 1.807) is 7.11 Å². The third kappa shape index (κ3) is 4.10. The lowest BCUT2D eigenvalue weighted by Crippen LogP contribution is -1.98. The van der Waals surface area contributed by atoms with E-state index < -0.39 is 5.97 Å². The van der Waals surface area contributed by atoms with Crippen LogP contribution in [0.2, 0.25) is 0 Å². The fourth-order valence-electron chi connectivity index (χ4n) is 2.11. The van der Waals surface area contributed by atoms with Crippen molar-refractivity contribution in [2.45, 2.75) is 39.5 Å². The maximum Gasteiger partial charge on any atom is 0.303 e. The molecule has 1 N–H and O–H groups in total. The number of carboxylic acids is 1. The molecule has 1 aromatic rings. The highest BCUT2D eigenvalue weighted by atomic mass is 16.5. The zero-order valence-corrected chi connectivity index (χ0v) is 10.7. The minimum atomic E-state index is -0.725. The zero-order chi connectivity index (χ0) is 12.8. The highest BCUT2D eigenvalue weighted by Gasteiger charge is 2.07. The molecule has 0 saturated heterocycles. The van der Waals surface area contributed by atoms with E-state index in [0.717, 1.165) is 24.2 Å². The summed E-state index contributed by atoms with van der Waals surface area (Å²) in [6.07, 6.45) is 2.71. The Bertz CT molecular complexity index is 397. The Kier molecular flexibility index (Phi) is 5.01. The van der Waals surface area contributed by atoms with E-state index in [4.69, 9.17) is 9.84 Å². The number of aryl methyl sites for hydroxylation is 3. The molecule has 0 aliphatic rings. The molecular formula is C14H20O3. The number of rotatable bonds is 6. The summed E-state index contributed by atoms with van der Waals surface area (Å²) < 4.78 is 5.39. The van der Waals surface area contributed by atoms with Crippen LogP contribution < -0.4 is 4.74 Å². The number of benzene rings is 1. The van der Waals surface area contributed by atoms with Gasteiger partial charge in [0.1, 0.15) is 5.75 Å². The molecule has 0 amide bonds. The van der Waals surface area contributed by atoms with E-state index in [0.29, 0.717) is 6.42 Å². The molecule has 0 aliphatic carbocycles. The average molecular weight is 236 g/mol.